The van der Waals surface area contributed by atoms with Gasteiger partial charge in [-0.15, -0.1) is 0 Å². The second-order valence-corrected chi connectivity index (χ2v) is 7.21. The summed E-state index contributed by atoms with van der Waals surface area (Å²) in [5, 5.41) is 0. The summed E-state index contributed by atoms with van der Waals surface area (Å²) in [5.74, 6) is 1.80. The van der Waals surface area contributed by atoms with Crippen molar-refractivity contribution >= 4 is 31.9 Å². The number of hydrogen-bond donors (Lipinski definition) is 0. The van der Waals surface area contributed by atoms with Gasteiger partial charge in [0.05, 0.1) is 0 Å². The summed E-state index contributed by atoms with van der Waals surface area (Å²) in [6, 6.07) is 7.99. The maximum Gasteiger partial charge on any atom is 0.120 e. The molecule has 0 N–H and O–H groups in total. The van der Waals surface area contributed by atoms with Crippen LogP contribution in [0.25, 0.3) is 0 Å². The molecule has 0 spiro atoms. The molecule has 1 aliphatic carbocycles. The highest BCUT2D eigenvalue weighted by Gasteiger charge is 2.27. The highest BCUT2D eigenvalue weighted by Crippen LogP contribution is 2.33. The van der Waals surface area contributed by atoms with Gasteiger partial charge in [-0.05, 0) is 44.0 Å². The van der Waals surface area contributed by atoms with Crippen molar-refractivity contribution in [2.75, 3.05) is 26.7 Å². The zero-order valence-corrected chi connectivity index (χ0v) is 13.8. The third-order valence-electron chi connectivity index (χ3n) is 3.29. The third kappa shape index (κ3) is 4.56. The van der Waals surface area contributed by atoms with E-state index in [0.29, 0.717) is 0 Å². The van der Waals surface area contributed by atoms with Gasteiger partial charge in [0.15, 0.2) is 0 Å². The Labute approximate surface area is 126 Å². The average molecular weight is 377 g/mol. The van der Waals surface area contributed by atoms with Gasteiger partial charge in [0.1, 0.15) is 12.4 Å². The molecule has 100 valence electrons. The minimum absolute atomic E-state index is 0.747. The average Bonchev–Trinajstić information content (AvgIpc) is 2.27. The number of benzene rings is 1. The highest BCUT2D eigenvalue weighted by molar-refractivity contribution is 9.10. The van der Waals surface area contributed by atoms with E-state index in [1.807, 2.05) is 24.3 Å². The van der Waals surface area contributed by atoms with Gasteiger partial charge in [0, 0.05) is 22.4 Å². The SMILES string of the molecule is CN(CCOc1cccc(Br)c1)CC1CC(Br)C1. The van der Waals surface area contributed by atoms with Crippen LogP contribution in [0.5, 0.6) is 5.75 Å². The van der Waals surface area contributed by atoms with Crippen LogP contribution in [0.4, 0.5) is 0 Å². The summed E-state index contributed by atoms with van der Waals surface area (Å²) in [6.07, 6.45) is 2.63. The summed E-state index contributed by atoms with van der Waals surface area (Å²) in [4.78, 5) is 3.12. The fraction of sp³-hybridized carbons (Fsp3) is 0.571. The summed E-state index contributed by atoms with van der Waals surface area (Å²) >= 11 is 7.08. The van der Waals surface area contributed by atoms with Crippen LogP contribution in [0.2, 0.25) is 0 Å². The van der Waals surface area contributed by atoms with Crippen LogP contribution >= 0.6 is 31.9 Å². The molecule has 0 bridgehead atoms. The Morgan fingerprint density at radius 3 is 2.83 bits per heavy atom. The lowest BCUT2D eigenvalue weighted by atomic mass is 9.85. The Morgan fingerprint density at radius 2 is 2.17 bits per heavy atom. The first kappa shape index (κ1) is 14.4. The Kier molecular flexibility index (Phi) is 5.52. The second kappa shape index (κ2) is 6.92. The van der Waals surface area contributed by atoms with Crippen molar-refractivity contribution in [3.8, 4) is 5.75 Å². The number of rotatable bonds is 6. The van der Waals surface area contributed by atoms with Crippen molar-refractivity contribution < 1.29 is 4.74 Å². The number of halogens is 2. The van der Waals surface area contributed by atoms with Gasteiger partial charge in [-0.3, -0.25) is 0 Å². The first-order valence-electron chi connectivity index (χ1n) is 6.34. The molecule has 0 atom stereocenters. The number of likely N-dealkylation sites (N-methyl/N-ethyl adjacent to an activating group) is 1. The first-order chi connectivity index (χ1) is 8.63. The van der Waals surface area contributed by atoms with Crippen LogP contribution in [0.3, 0.4) is 0 Å². The smallest absolute Gasteiger partial charge is 0.120 e. The zero-order valence-electron chi connectivity index (χ0n) is 10.6. The van der Waals surface area contributed by atoms with E-state index in [2.05, 4.69) is 43.8 Å². The van der Waals surface area contributed by atoms with Gasteiger partial charge < -0.3 is 9.64 Å². The van der Waals surface area contributed by atoms with E-state index >= 15 is 0 Å². The molecule has 18 heavy (non-hydrogen) atoms. The minimum Gasteiger partial charge on any atom is -0.492 e. The molecular weight excluding hydrogens is 358 g/mol. The van der Waals surface area contributed by atoms with Gasteiger partial charge in [0.2, 0.25) is 0 Å². The van der Waals surface area contributed by atoms with Gasteiger partial charge in [-0.2, -0.15) is 0 Å². The molecule has 1 fully saturated rings. The van der Waals surface area contributed by atoms with Crippen LogP contribution in [0.15, 0.2) is 28.7 Å². The van der Waals surface area contributed by atoms with E-state index in [0.717, 1.165) is 34.1 Å². The standard InChI is InChI=1S/C14H19Br2NO/c1-17(10-11-7-13(16)8-11)5-6-18-14-4-2-3-12(15)9-14/h2-4,9,11,13H,5-8,10H2,1H3. The molecule has 2 nitrogen and oxygen atoms in total. The van der Waals surface area contributed by atoms with E-state index in [-0.39, 0.29) is 0 Å². The van der Waals surface area contributed by atoms with Gasteiger partial charge in [0.25, 0.3) is 0 Å². The number of ether oxygens (including phenoxy) is 1. The Morgan fingerprint density at radius 1 is 1.39 bits per heavy atom. The fourth-order valence-corrected chi connectivity index (χ4v) is 3.65. The van der Waals surface area contributed by atoms with Crippen molar-refractivity contribution in [1.29, 1.82) is 0 Å². The molecule has 0 amide bonds. The van der Waals surface area contributed by atoms with Crippen LogP contribution in [0, 0.1) is 5.92 Å². The van der Waals surface area contributed by atoms with Gasteiger partial charge in [-0.25, -0.2) is 0 Å². The van der Waals surface area contributed by atoms with Crippen LogP contribution in [0.1, 0.15) is 12.8 Å². The van der Waals surface area contributed by atoms with Crippen LogP contribution < -0.4 is 4.74 Å². The molecule has 0 saturated heterocycles. The largest absolute Gasteiger partial charge is 0.492 e. The summed E-state index contributed by atoms with van der Waals surface area (Å²) < 4.78 is 6.79. The number of alkyl halides is 1. The predicted octanol–water partition coefficient (Wildman–Crippen LogP) is 3.93. The number of hydrogen-bond acceptors (Lipinski definition) is 2. The molecule has 1 aliphatic rings. The molecule has 2 rings (SSSR count). The zero-order chi connectivity index (χ0) is 13.0. The summed E-state index contributed by atoms with van der Waals surface area (Å²) in [5.41, 5.74) is 0. The van der Waals surface area contributed by atoms with E-state index < -0.39 is 0 Å². The summed E-state index contributed by atoms with van der Waals surface area (Å²) in [6.45, 7) is 2.91. The Bertz CT molecular complexity index is 380. The van der Waals surface area contributed by atoms with Gasteiger partial charge in [-0.1, -0.05) is 37.9 Å². The maximum absolute atomic E-state index is 5.73. The second-order valence-electron chi connectivity index (χ2n) is 5.00. The lowest BCUT2D eigenvalue weighted by Gasteiger charge is -2.34. The third-order valence-corrected chi connectivity index (χ3v) is 4.53. The molecule has 4 heteroatoms. The molecule has 1 aromatic rings. The van der Waals surface area contributed by atoms with E-state index in [9.17, 15) is 0 Å². The fourth-order valence-electron chi connectivity index (χ4n) is 2.21. The topological polar surface area (TPSA) is 12.5 Å². The first-order valence-corrected chi connectivity index (χ1v) is 8.05. The summed E-state index contributed by atoms with van der Waals surface area (Å²) in [7, 11) is 2.17. The Balaban J connectivity index is 1.62. The quantitative estimate of drug-likeness (QED) is 0.697. The van der Waals surface area contributed by atoms with E-state index in [1.165, 1.54) is 19.4 Å². The molecular formula is C14H19Br2NO. The maximum atomic E-state index is 5.73. The van der Waals surface area contributed by atoms with Crippen molar-refractivity contribution in [2.45, 2.75) is 17.7 Å². The lowest BCUT2D eigenvalue weighted by molar-refractivity contribution is 0.182. The van der Waals surface area contributed by atoms with Crippen molar-refractivity contribution in [3.05, 3.63) is 28.7 Å². The normalized spacial score (nSPS) is 22.9. The Hall–Kier alpha value is -0.0600. The van der Waals surface area contributed by atoms with Gasteiger partial charge >= 0.3 is 0 Å². The van der Waals surface area contributed by atoms with Crippen molar-refractivity contribution in [3.63, 3.8) is 0 Å². The molecule has 1 saturated carbocycles. The molecule has 0 aromatic heterocycles. The van der Waals surface area contributed by atoms with Crippen LogP contribution in [-0.2, 0) is 0 Å². The van der Waals surface area contributed by atoms with E-state index in [1.54, 1.807) is 0 Å². The number of nitrogens with zero attached hydrogens (tertiary/aromatic N) is 1. The molecule has 0 radical (unpaired) electrons. The van der Waals surface area contributed by atoms with Crippen molar-refractivity contribution in [1.82, 2.24) is 4.90 Å². The van der Waals surface area contributed by atoms with Crippen molar-refractivity contribution in [2.24, 2.45) is 5.92 Å². The molecule has 1 aromatic carbocycles. The van der Waals surface area contributed by atoms with Crippen LogP contribution in [-0.4, -0.2) is 36.5 Å². The predicted molar refractivity (Wildman–Crippen MR) is 82.6 cm³/mol. The lowest BCUT2D eigenvalue weighted by Crippen LogP contribution is -2.36. The highest BCUT2D eigenvalue weighted by atomic mass is 79.9. The molecule has 0 heterocycles. The monoisotopic (exact) mass is 375 g/mol. The molecule has 0 unspecified atom stereocenters. The minimum atomic E-state index is 0.747. The molecule has 0 aliphatic heterocycles. The van der Waals surface area contributed by atoms with E-state index in [4.69, 9.17) is 4.74 Å².